The van der Waals surface area contributed by atoms with Crippen LogP contribution in [-0.4, -0.2) is 33.5 Å². The molecular formula is C22H22F2N4O3S. The Bertz CT molecular complexity index is 1090. The Morgan fingerprint density at radius 2 is 2.00 bits per heavy atom. The first kappa shape index (κ1) is 23.3. The summed E-state index contributed by atoms with van der Waals surface area (Å²) >= 11 is 1.20. The molecule has 1 amide bonds. The van der Waals surface area contributed by atoms with Gasteiger partial charge in [0.05, 0.1) is 12.9 Å². The van der Waals surface area contributed by atoms with Crippen molar-refractivity contribution in [2.75, 3.05) is 18.2 Å². The lowest BCUT2D eigenvalue weighted by atomic mass is 10.3. The van der Waals surface area contributed by atoms with Crippen LogP contribution in [0.3, 0.4) is 0 Å². The Balaban J connectivity index is 1.66. The predicted molar refractivity (Wildman–Crippen MR) is 118 cm³/mol. The summed E-state index contributed by atoms with van der Waals surface area (Å²) in [7, 11) is 1.57. The summed E-state index contributed by atoms with van der Waals surface area (Å²) in [5.74, 6) is -0.595. The summed E-state index contributed by atoms with van der Waals surface area (Å²) in [5.41, 5.74) is 0.646. The zero-order valence-electron chi connectivity index (χ0n) is 17.5. The van der Waals surface area contributed by atoms with Crippen molar-refractivity contribution in [2.45, 2.75) is 24.7 Å². The molecule has 10 heteroatoms. The molecule has 0 saturated carbocycles. The van der Waals surface area contributed by atoms with Crippen LogP contribution in [0.25, 0.3) is 0 Å². The van der Waals surface area contributed by atoms with Gasteiger partial charge in [0.2, 0.25) is 5.91 Å². The van der Waals surface area contributed by atoms with Crippen molar-refractivity contribution in [3.05, 3.63) is 72.6 Å². The van der Waals surface area contributed by atoms with Crippen LogP contribution in [0.15, 0.2) is 60.3 Å². The van der Waals surface area contributed by atoms with E-state index in [0.29, 0.717) is 29.0 Å². The molecule has 2 aromatic carbocycles. The molecule has 1 heterocycles. The van der Waals surface area contributed by atoms with Crippen molar-refractivity contribution < 1.29 is 23.0 Å². The second kappa shape index (κ2) is 10.8. The lowest BCUT2D eigenvalue weighted by Crippen LogP contribution is -2.15. The molecule has 3 aromatic rings. The molecule has 0 spiro atoms. The molecule has 168 valence electrons. The monoisotopic (exact) mass is 460 g/mol. The van der Waals surface area contributed by atoms with E-state index in [0.717, 1.165) is 12.1 Å². The molecule has 0 radical (unpaired) electrons. The number of hydrogen-bond donors (Lipinski definition) is 1. The molecule has 0 aliphatic carbocycles. The number of aromatic nitrogens is 3. The average Bonchev–Trinajstić information content (AvgIpc) is 3.18. The fraction of sp³-hybridized carbons (Fsp3) is 0.227. The second-order valence-electron chi connectivity index (χ2n) is 6.64. The zero-order valence-corrected chi connectivity index (χ0v) is 18.4. The number of thioether (sulfide) groups is 1. The van der Waals surface area contributed by atoms with E-state index >= 15 is 0 Å². The molecule has 0 fully saturated rings. The largest absolute Gasteiger partial charge is 0.497 e. The van der Waals surface area contributed by atoms with Gasteiger partial charge in [0, 0.05) is 18.3 Å². The van der Waals surface area contributed by atoms with Crippen LogP contribution in [0.5, 0.6) is 11.5 Å². The number of rotatable bonds is 10. The summed E-state index contributed by atoms with van der Waals surface area (Å²) in [6, 6.07) is 10.1. The first-order valence-corrected chi connectivity index (χ1v) is 10.6. The first-order valence-electron chi connectivity index (χ1n) is 9.63. The number of anilines is 1. The number of benzene rings is 2. The van der Waals surface area contributed by atoms with E-state index in [-0.39, 0.29) is 17.4 Å². The smallest absolute Gasteiger partial charge is 0.234 e. The molecule has 0 aliphatic heterocycles. The third kappa shape index (κ3) is 5.85. The van der Waals surface area contributed by atoms with Crippen LogP contribution in [-0.2, 0) is 11.3 Å². The summed E-state index contributed by atoms with van der Waals surface area (Å²) in [6.45, 7) is 5.78. The second-order valence-corrected chi connectivity index (χ2v) is 7.58. The van der Waals surface area contributed by atoms with Crippen LogP contribution in [0.1, 0.15) is 18.9 Å². The Kier molecular flexibility index (Phi) is 7.82. The number of methoxy groups -OCH3 is 1. The lowest BCUT2D eigenvalue weighted by molar-refractivity contribution is -0.113. The van der Waals surface area contributed by atoms with Crippen molar-refractivity contribution in [2.24, 2.45) is 0 Å². The van der Waals surface area contributed by atoms with Gasteiger partial charge in [0.15, 0.2) is 28.7 Å². The summed E-state index contributed by atoms with van der Waals surface area (Å²) in [4.78, 5) is 12.3. The van der Waals surface area contributed by atoms with Crippen molar-refractivity contribution in [1.82, 2.24) is 14.8 Å². The van der Waals surface area contributed by atoms with Crippen molar-refractivity contribution in [1.29, 1.82) is 0 Å². The molecule has 3 rings (SSSR count). The zero-order chi connectivity index (χ0) is 23.1. The van der Waals surface area contributed by atoms with Gasteiger partial charge < -0.3 is 14.8 Å². The normalized spacial score (nSPS) is 11.6. The fourth-order valence-corrected chi connectivity index (χ4v) is 3.58. The third-order valence-corrected chi connectivity index (χ3v) is 5.29. The number of allylic oxidation sites excluding steroid dienone is 1. The molecule has 0 bridgehead atoms. The van der Waals surface area contributed by atoms with E-state index in [9.17, 15) is 13.6 Å². The maximum atomic E-state index is 13.9. The number of hydrogen-bond acceptors (Lipinski definition) is 6. The Morgan fingerprint density at radius 1 is 1.25 bits per heavy atom. The highest BCUT2D eigenvalue weighted by Gasteiger charge is 2.21. The van der Waals surface area contributed by atoms with E-state index < -0.39 is 17.7 Å². The third-order valence-electron chi connectivity index (χ3n) is 4.32. The number of nitrogens with one attached hydrogen (secondary N) is 1. The Morgan fingerprint density at radius 3 is 2.66 bits per heavy atom. The molecule has 1 unspecified atom stereocenters. The molecule has 32 heavy (non-hydrogen) atoms. The van der Waals surface area contributed by atoms with Crippen molar-refractivity contribution in [3.8, 4) is 11.5 Å². The quantitative estimate of drug-likeness (QED) is 0.351. The van der Waals surface area contributed by atoms with Gasteiger partial charge in [-0.3, -0.25) is 9.36 Å². The molecule has 1 atom stereocenters. The van der Waals surface area contributed by atoms with Crippen LogP contribution in [0.4, 0.5) is 14.5 Å². The lowest BCUT2D eigenvalue weighted by Gasteiger charge is -2.16. The van der Waals surface area contributed by atoms with E-state index in [2.05, 4.69) is 22.1 Å². The molecular weight excluding hydrogens is 438 g/mol. The van der Waals surface area contributed by atoms with Gasteiger partial charge in [-0.1, -0.05) is 17.8 Å². The number of nitrogens with zero attached hydrogens (tertiary/aromatic N) is 3. The molecule has 0 aliphatic rings. The fourth-order valence-electron chi connectivity index (χ4n) is 2.82. The minimum absolute atomic E-state index is 0.0971. The predicted octanol–water partition coefficient (Wildman–Crippen LogP) is 4.62. The minimum atomic E-state index is -0.809. The van der Waals surface area contributed by atoms with Crippen molar-refractivity contribution in [3.63, 3.8) is 0 Å². The van der Waals surface area contributed by atoms with Crippen LogP contribution in [0.2, 0.25) is 0 Å². The highest BCUT2D eigenvalue weighted by molar-refractivity contribution is 7.99. The number of halogens is 2. The van der Waals surface area contributed by atoms with Gasteiger partial charge in [-0.2, -0.15) is 0 Å². The maximum Gasteiger partial charge on any atom is 0.234 e. The van der Waals surface area contributed by atoms with Gasteiger partial charge in [0.25, 0.3) is 0 Å². The summed E-state index contributed by atoms with van der Waals surface area (Å²) in [5, 5.41) is 11.6. The topological polar surface area (TPSA) is 78.3 Å². The van der Waals surface area contributed by atoms with E-state index in [4.69, 9.17) is 9.47 Å². The average molecular weight is 461 g/mol. The van der Waals surface area contributed by atoms with Gasteiger partial charge in [-0.15, -0.1) is 16.8 Å². The van der Waals surface area contributed by atoms with Crippen molar-refractivity contribution >= 4 is 23.4 Å². The van der Waals surface area contributed by atoms with E-state index in [1.54, 1.807) is 48.9 Å². The van der Waals surface area contributed by atoms with Crippen LogP contribution in [0, 0.1) is 11.6 Å². The number of amides is 1. The maximum absolute atomic E-state index is 13.9. The highest BCUT2D eigenvalue weighted by atomic mass is 32.2. The van der Waals surface area contributed by atoms with Crippen LogP contribution >= 0.6 is 11.8 Å². The number of ether oxygens (including phenoxy) is 2. The summed E-state index contributed by atoms with van der Waals surface area (Å²) < 4.78 is 39.5. The minimum Gasteiger partial charge on any atom is -0.497 e. The van der Waals surface area contributed by atoms with Gasteiger partial charge in [-0.05, 0) is 43.3 Å². The number of carbonyl (C=O) groups is 1. The first-order chi connectivity index (χ1) is 15.4. The molecule has 1 N–H and O–H groups in total. The Labute approximate surface area is 188 Å². The highest BCUT2D eigenvalue weighted by Crippen LogP contribution is 2.27. The van der Waals surface area contributed by atoms with E-state index in [1.807, 2.05) is 0 Å². The molecule has 7 nitrogen and oxygen atoms in total. The van der Waals surface area contributed by atoms with Gasteiger partial charge in [0.1, 0.15) is 11.6 Å². The van der Waals surface area contributed by atoms with Gasteiger partial charge in [-0.25, -0.2) is 8.78 Å². The number of carbonyl (C=O) groups excluding carboxylic acids is 1. The van der Waals surface area contributed by atoms with Gasteiger partial charge >= 0.3 is 0 Å². The molecule has 0 saturated heterocycles. The Hall–Kier alpha value is -3.40. The molecule has 1 aromatic heterocycles. The SMILES string of the molecule is C=CCn1c(SCC(=O)Nc2ccc(OC)cc2)nnc1C(C)Oc1ccc(F)cc1F. The summed E-state index contributed by atoms with van der Waals surface area (Å²) in [6.07, 6.45) is 0.976. The van der Waals surface area contributed by atoms with E-state index in [1.165, 1.54) is 17.8 Å². The van der Waals surface area contributed by atoms with Crippen LogP contribution < -0.4 is 14.8 Å². The standard InChI is InChI=1S/C22H22F2N4O3S/c1-4-11-28-21(14(2)31-19-10-5-15(23)12-18(19)24)26-27-22(28)32-13-20(29)25-16-6-8-17(30-3)9-7-16/h4-10,12,14H,1,11,13H2,2-3H3,(H,25,29).